The number of hydrogen-bond donors (Lipinski definition) is 2. The number of hydrogen-bond acceptors (Lipinski definition) is 4. The summed E-state index contributed by atoms with van der Waals surface area (Å²) in [7, 11) is 2.16. The number of anilines is 2. The Labute approximate surface area is 127 Å². The van der Waals surface area contributed by atoms with E-state index in [2.05, 4.69) is 36.0 Å². The summed E-state index contributed by atoms with van der Waals surface area (Å²) < 4.78 is 0. The molecule has 2 atom stereocenters. The molecular formula is C16H26N4O. The maximum absolute atomic E-state index is 11.8. The van der Waals surface area contributed by atoms with E-state index in [9.17, 15) is 4.79 Å². The summed E-state index contributed by atoms with van der Waals surface area (Å²) in [6.45, 7) is 8.87. The monoisotopic (exact) mass is 290 g/mol. The van der Waals surface area contributed by atoms with E-state index >= 15 is 0 Å². The van der Waals surface area contributed by atoms with Crippen molar-refractivity contribution in [1.29, 1.82) is 0 Å². The van der Waals surface area contributed by atoms with Crippen molar-refractivity contribution in [2.45, 2.75) is 32.9 Å². The second-order valence-electron chi connectivity index (χ2n) is 5.90. The Balaban J connectivity index is 2.19. The predicted octanol–water partition coefficient (Wildman–Crippen LogP) is 1.55. The highest BCUT2D eigenvalue weighted by Gasteiger charge is 2.27. The number of carbonyl (C=O) groups excluding carboxylic acids is 1. The van der Waals surface area contributed by atoms with Gasteiger partial charge in [-0.1, -0.05) is 0 Å². The van der Waals surface area contributed by atoms with Crippen LogP contribution in [0.15, 0.2) is 18.2 Å². The maximum Gasteiger partial charge on any atom is 0.251 e. The molecule has 0 aromatic heterocycles. The van der Waals surface area contributed by atoms with Crippen LogP contribution in [0.1, 0.15) is 31.1 Å². The predicted molar refractivity (Wildman–Crippen MR) is 87.8 cm³/mol. The lowest BCUT2D eigenvalue weighted by atomic mass is 10.1. The lowest BCUT2D eigenvalue weighted by molar-refractivity contribution is 0.0956. The van der Waals surface area contributed by atoms with E-state index in [1.807, 2.05) is 19.1 Å². The fourth-order valence-electron chi connectivity index (χ4n) is 2.85. The first-order valence-corrected chi connectivity index (χ1v) is 7.58. The molecule has 3 N–H and O–H groups in total. The average Bonchev–Trinajstić information content (AvgIpc) is 2.44. The number of nitrogens with zero attached hydrogens (tertiary/aromatic N) is 2. The van der Waals surface area contributed by atoms with Gasteiger partial charge in [0, 0.05) is 37.3 Å². The number of carbonyl (C=O) groups is 1. The second-order valence-corrected chi connectivity index (χ2v) is 5.90. The van der Waals surface area contributed by atoms with Crippen LogP contribution in [0.25, 0.3) is 0 Å². The van der Waals surface area contributed by atoms with Crippen molar-refractivity contribution in [2.24, 2.45) is 0 Å². The number of rotatable bonds is 3. The first-order valence-electron chi connectivity index (χ1n) is 7.58. The summed E-state index contributed by atoms with van der Waals surface area (Å²) in [6, 6.07) is 6.55. The van der Waals surface area contributed by atoms with Crippen LogP contribution in [0.3, 0.4) is 0 Å². The lowest BCUT2D eigenvalue weighted by Gasteiger charge is -2.43. The highest BCUT2D eigenvalue weighted by atomic mass is 16.1. The zero-order chi connectivity index (χ0) is 15.6. The van der Waals surface area contributed by atoms with Gasteiger partial charge < -0.3 is 16.0 Å². The molecule has 0 radical (unpaired) electrons. The quantitative estimate of drug-likeness (QED) is 0.829. The van der Waals surface area contributed by atoms with Gasteiger partial charge >= 0.3 is 0 Å². The number of nitrogens with one attached hydrogen (secondary N) is 1. The van der Waals surface area contributed by atoms with Crippen LogP contribution in [0.5, 0.6) is 0 Å². The summed E-state index contributed by atoms with van der Waals surface area (Å²) >= 11 is 0. The molecule has 0 bridgehead atoms. The van der Waals surface area contributed by atoms with Gasteiger partial charge in [-0.25, -0.2) is 0 Å². The number of piperazine rings is 1. The van der Waals surface area contributed by atoms with Gasteiger partial charge in [0.1, 0.15) is 0 Å². The van der Waals surface area contributed by atoms with Crippen LogP contribution in [-0.2, 0) is 0 Å². The highest BCUT2D eigenvalue weighted by Crippen LogP contribution is 2.28. The minimum Gasteiger partial charge on any atom is -0.397 e. The van der Waals surface area contributed by atoms with Gasteiger partial charge in [-0.15, -0.1) is 0 Å². The molecule has 21 heavy (non-hydrogen) atoms. The van der Waals surface area contributed by atoms with Crippen LogP contribution in [-0.4, -0.2) is 49.6 Å². The zero-order valence-corrected chi connectivity index (χ0v) is 13.4. The molecule has 5 nitrogen and oxygen atoms in total. The molecule has 5 heteroatoms. The summed E-state index contributed by atoms with van der Waals surface area (Å²) in [5.41, 5.74) is 8.49. The Hall–Kier alpha value is -1.75. The van der Waals surface area contributed by atoms with Crippen molar-refractivity contribution in [3.63, 3.8) is 0 Å². The molecule has 1 saturated heterocycles. The molecule has 0 aliphatic carbocycles. The SMILES string of the molecule is CCNC(=O)c1ccc(N2CC(C)N(C)C(C)C2)c(N)c1. The molecule has 1 heterocycles. The Bertz CT molecular complexity index is 505. The normalized spacial score (nSPS) is 23.1. The van der Waals surface area contributed by atoms with Gasteiger partial charge in [0.25, 0.3) is 5.91 Å². The van der Waals surface area contributed by atoms with E-state index in [-0.39, 0.29) is 5.91 Å². The first-order chi connectivity index (χ1) is 9.93. The van der Waals surface area contributed by atoms with Crippen molar-refractivity contribution < 1.29 is 4.79 Å². The first kappa shape index (κ1) is 15.6. The van der Waals surface area contributed by atoms with E-state index in [0.717, 1.165) is 18.8 Å². The second kappa shape index (κ2) is 6.35. The van der Waals surface area contributed by atoms with Gasteiger partial charge in [-0.2, -0.15) is 0 Å². The number of amides is 1. The van der Waals surface area contributed by atoms with Gasteiger partial charge in [0.05, 0.1) is 11.4 Å². The van der Waals surface area contributed by atoms with Crippen molar-refractivity contribution in [1.82, 2.24) is 10.2 Å². The minimum atomic E-state index is -0.0733. The lowest BCUT2D eigenvalue weighted by Crippen LogP contribution is -2.55. The molecule has 1 aromatic rings. The van der Waals surface area contributed by atoms with E-state index in [1.54, 1.807) is 6.07 Å². The Morgan fingerprint density at radius 3 is 2.48 bits per heavy atom. The van der Waals surface area contributed by atoms with Crippen LogP contribution in [0.2, 0.25) is 0 Å². The third-order valence-corrected chi connectivity index (χ3v) is 4.33. The molecule has 1 fully saturated rings. The topological polar surface area (TPSA) is 61.6 Å². The highest BCUT2D eigenvalue weighted by molar-refractivity contribution is 5.96. The molecule has 2 rings (SSSR count). The van der Waals surface area contributed by atoms with Crippen LogP contribution < -0.4 is 16.0 Å². The van der Waals surface area contributed by atoms with Gasteiger partial charge in [0.2, 0.25) is 0 Å². The summed E-state index contributed by atoms with van der Waals surface area (Å²) in [4.78, 5) is 16.5. The fourth-order valence-corrected chi connectivity index (χ4v) is 2.85. The minimum absolute atomic E-state index is 0.0733. The third kappa shape index (κ3) is 3.29. The molecule has 0 spiro atoms. The zero-order valence-electron chi connectivity index (χ0n) is 13.4. The Morgan fingerprint density at radius 2 is 1.95 bits per heavy atom. The molecular weight excluding hydrogens is 264 g/mol. The number of likely N-dealkylation sites (N-methyl/N-ethyl adjacent to an activating group) is 1. The molecule has 2 unspecified atom stereocenters. The van der Waals surface area contributed by atoms with Crippen molar-refractivity contribution in [3.05, 3.63) is 23.8 Å². The van der Waals surface area contributed by atoms with E-state index in [4.69, 9.17) is 5.73 Å². The van der Waals surface area contributed by atoms with Gasteiger partial charge in [0.15, 0.2) is 0 Å². The molecule has 116 valence electrons. The van der Waals surface area contributed by atoms with Crippen molar-refractivity contribution in [3.8, 4) is 0 Å². The molecule has 1 aromatic carbocycles. The number of nitrogens with two attached hydrogens (primary N) is 1. The molecule has 1 aliphatic rings. The Morgan fingerprint density at radius 1 is 1.33 bits per heavy atom. The molecule has 1 aliphatic heterocycles. The smallest absolute Gasteiger partial charge is 0.251 e. The van der Waals surface area contributed by atoms with E-state index in [0.29, 0.717) is 29.9 Å². The van der Waals surface area contributed by atoms with Crippen LogP contribution in [0, 0.1) is 0 Å². The van der Waals surface area contributed by atoms with Gasteiger partial charge in [-0.3, -0.25) is 9.69 Å². The summed E-state index contributed by atoms with van der Waals surface area (Å²) in [5, 5.41) is 2.79. The molecule has 1 amide bonds. The number of nitrogen functional groups attached to an aromatic ring is 1. The van der Waals surface area contributed by atoms with Gasteiger partial charge in [-0.05, 0) is 46.0 Å². The average molecular weight is 290 g/mol. The van der Waals surface area contributed by atoms with Crippen molar-refractivity contribution >= 4 is 17.3 Å². The van der Waals surface area contributed by atoms with E-state index < -0.39 is 0 Å². The standard InChI is InChI=1S/C16H26N4O/c1-5-18-16(21)13-6-7-15(14(17)8-13)20-9-11(2)19(4)12(3)10-20/h6-8,11-12H,5,9-10,17H2,1-4H3,(H,18,21). The third-order valence-electron chi connectivity index (χ3n) is 4.33. The fraction of sp³-hybridized carbons (Fsp3) is 0.562. The van der Waals surface area contributed by atoms with Crippen LogP contribution in [0.4, 0.5) is 11.4 Å². The van der Waals surface area contributed by atoms with E-state index in [1.165, 1.54) is 0 Å². The number of benzene rings is 1. The Kier molecular flexibility index (Phi) is 4.73. The largest absolute Gasteiger partial charge is 0.397 e. The van der Waals surface area contributed by atoms with Crippen molar-refractivity contribution in [2.75, 3.05) is 37.3 Å². The maximum atomic E-state index is 11.8. The summed E-state index contributed by atoms with van der Waals surface area (Å²) in [5.74, 6) is -0.0733. The van der Waals surface area contributed by atoms with Crippen LogP contribution >= 0.6 is 0 Å². The summed E-state index contributed by atoms with van der Waals surface area (Å²) in [6.07, 6.45) is 0. The molecule has 0 saturated carbocycles.